The summed E-state index contributed by atoms with van der Waals surface area (Å²) in [4.78, 5) is 7.94. The van der Waals surface area contributed by atoms with Crippen molar-refractivity contribution in [2.24, 2.45) is 0 Å². The van der Waals surface area contributed by atoms with E-state index in [1.165, 1.54) is 0 Å². The highest BCUT2D eigenvalue weighted by Crippen LogP contribution is 2.18. The lowest BCUT2D eigenvalue weighted by Gasteiger charge is -2.07. The number of rotatable bonds is 4. The van der Waals surface area contributed by atoms with Crippen LogP contribution in [0.3, 0.4) is 0 Å². The molecule has 1 aromatic rings. The summed E-state index contributed by atoms with van der Waals surface area (Å²) >= 11 is 0. The quantitative estimate of drug-likeness (QED) is 0.785. The van der Waals surface area contributed by atoms with Gasteiger partial charge in [-0.1, -0.05) is 0 Å². The SMILES string of the molecule is Cc1nccc(CNCCC(F)(F)F)n1. The van der Waals surface area contributed by atoms with Crippen molar-refractivity contribution in [1.29, 1.82) is 0 Å². The number of aromatic nitrogens is 2. The van der Waals surface area contributed by atoms with E-state index in [2.05, 4.69) is 15.3 Å². The summed E-state index contributed by atoms with van der Waals surface area (Å²) < 4.78 is 35.3. The molecule has 0 atom stereocenters. The van der Waals surface area contributed by atoms with Gasteiger partial charge in [0.25, 0.3) is 0 Å². The van der Waals surface area contributed by atoms with E-state index in [1.807, 2.05) is 0 Å². The highest BCUT2D eigenvalue weighted by Gasteiger charge is 2.25. The van der Waals surface area contributed by atoms with Crippen LogP contribution < -0.4 is 5.32 Å². The lowest BCUT2D eigenvalue weighted by Crippen LogP contribution is -2.21. The lowest BCUT2D eigenvalue weighted by atomic mass is 10.3. The predicted octanol–water partition coefficient (Wildman–Crippen LogP) is 1.83. The number of halogens is 3. The molecule has 0 aliphatic rings. The molecule has 0 aliphatic heterocycles. The number of alkyl halides is 3. The number of hydrogen-bond donors (Lipinski definition) is 1. The Hall–Kier alpha value is -1.17. The van der Waals surface area contributed by atoms with Crippen LogP contribution in [-0.2, 0) is 6.54 Å². The molecule has 1 rings (SSSR count). The molecule has 0 aliphatic carbocycles. The second-order valence-corrected chi connectivity index (χ2v) is 3.14. The average Bonchev–Trinajstić information content (AvgIpc) is 2.11. The molecule has 0 unspecified atom stereocenters. The third-order valence-electron chi connectivity index (χ3n) is 1.73. The molecule has 0 aromatic carbocycles. The first-order valence-electron chi connectivity index (χ1n) is 4.53. The van der Waals surface area contributed by atoms with Gasteiger partial charge in [-0.15, -0.1) is 0 Å². The molecular formula is C9H12F3N3. The van der Waals surface area contributed by atoms with Crippen LogP contribution in [0.1, 0.15) is 17.9 Å². The molecule has 0 spiro atoms. The van der Waals surface area contributed by atoms with Gasteiger partial charge < -0.3 is 5.32 Å². The third-order valence-corrected chi connectivity index (χ3v) is 1.73. The molecule has 6 heteroatoms. The highest BCUT2D eigenvalue weighted by molar-refractivity contribution is 5.00. The van der Waals surface area contributed by atoms with Crippen molar-refractivity contribution in [2.45, 2.75) is 26.1 Å². The van der Waals surface area contributed by atoms with Crippen molar-refractivity contribution < 1.29 is 13.2 Å². The molecule has 1 N–H and O–H groups in total. The lowest BCUT2D eigenvalue weighted by molar-refractivity contribution is -0.133. The summed E-state index contributed by atoms with van der Waals surface area (Å²) in [6, 6.07) is 1.67. The number of nitrogens with zero attached hydrogens (tertiary/aromatic N) is 2. The number of hydrogen-bond acceptors (Lipinski definition) is 3. The Kier molecular flexibility index (Phi) is 4.02. The Morgan fingerprint density at radius 3 is 2.73 bits per heavy atom. The van der Waals surface area contributed by atoms with Gasteiger partial charge in [-0.2, -0.15) is 13.2 Å². The number of aryl methyl sites for hydroxylation is 1. The first kappa shape index (κ1) is 11.9. The first-order valence-corrected chi connectivity index (χ1v) is 4.53. The van der Waals surface area contributed by atoms with Crippen LogP contribution in [-0.4, -0.2) is 22.7 Å². The van der Waals surface area contributed by atoms with Gasteiger partial charge in [-0.3, -0.25) is 0 Å². The second-order valence-electron chi connectivity index (χ2n) is 3.14. The fraction of sp³-hybridized carbons (Fsp3) is 0.556. The minimum Gasteiger partial charge on any atom is -0.311 e. The van der Waals surface area contributed by atoms with Crippen molar-refractivity contribution >= 4 is 0 Å². The molecule has 1 heterocycles. The van der Waals surface area contributed by atoms with Gasteiger partial charge in [0.2, 0.25) is 0 Å². The first-order chi connectivity index (χ1) is 6.97. The zero-order chi connectivity index (χ0) is 11.3. The molecule has 0 amide bonds. The van der Waals surface area contributed by atoms with E-state index in [1.54, 1.807) is 19.2 Å². The molecule has 15 heavy (non-hydrogen) atoms. The zero-order valence-electron chi connectivity index (χ0n) is 8.30. The van der Waals surface area contributed by atoms with Crippen molar-refractivity contribution in [3.05, 3.63) is 23.8 Å². The Morgan fingerprint density at radius 1 is 1.40 bits per heavy atom. The Balaban J connectivity index is 2.26. The normalized spacial score (nSPS) is 11.7. The zero-order valence-corrected chi connectivity index (χ0v) is 8.30. The Labute approximate surface area is 85.7 Å². The monoisotopic (exact) mass is 219 g/mol. The van der Waals surface area contributed by atoms with Crippen LogP contribution in [0.25, 0.3) is 0 Å². The maximum atomic E-state index is 11.8. The molecular weight excluding hydrogens is 207 g/mol. The molecule has 0 radical (unpaired) electrons. The largest absolute Gasteiger partial charge is 0.390 e. The van der Waals surface area contributed by atoms with Crippen LogP contribution in [0.5, 0.6) is 0 Å². The van der Waals surface area contributed by atoms with E-state index in [-0.39, 0.29) is 6.54 Å². The summed E-state index contributed by atoms with van der Waals surface area (Å²) in [6.45, 7) is 1.98. The number of nitrogens with one attached hydrogen (secondary N) is 1. The maximum Gasteiger partial charge on any atom is 0.390 e. The summed E-state index contributed by atoms with van der Waals surface area (Å²) in [5.74, 6) is 0.616. The van der Waals surface area contributed by atoms with E-state index >= 15 is 0 Å². The van der Waals surface area contributed by atoms with Crippen LogP contribution >= 0.6 is 0 Å². The van der Waals surface area contributed by atoms with E-state index in [0.29, 0.717) is 18.1 Å². The molecule has 0 saturated carbocycles. The minimum atomic E-state index is -4.10. The topological polar surface area (TPSA) is 37.8 Å². The smallest absolute Gasteiger partial charge is 0.311 e. The average molecular weight is 219 g/mol. The summed E-state index contributed by atoms with van der Waals surface area (Å²) in [5.41, 5.74) is 0.699. The van der Waals surface area contributed by atoms with E-state index in [4.69, 9.17) is 0 Å². The molecule has 0 saturated heterocycles. The highest BCUT2D eigenvalue weighted by atomic mass is 19.4. The standard InChI is InChI=1S/C9H12F3N3/c1-7-14-4-2-8(15-7)6-13-5-3-9(10,11)12/h2,4,13H,3,5-6H2,1H3. The van der Waals surface area contributed by atoms with Crippen LogP contribution in [0.15, 0.2) is 12.3 Å². The van der Waals surface area contributed by atoms with E-state index in [0.717, 1.165) is 0 Å². The van der Waals surface area contributed by atoms with Gasteiger partial charge >= 0.3 is 6.18 Å². The second kappa shape index (κ2) is 5.06. The van der Waals surface area contributed by atoms with Crippen molar-refractivity contribution in [3.8, 4) is 0 Å². The van der Waals surface area contributed by atoms with Crippen LogP contribution in [0.4, 0.5) is 13.2 Å². The van der Waals surface area contributed by atoms with Crippen molar-refractivity contribution in [1.82, 2.24) is 15.3 Å². The van der Waals surface area contributed by atoms with Crippen molar-refractivity contribution in [2.75, 3.05) is 6.54 Å². The maximum absolute atomic E-state index is 11.8. The molecule has 0 bridgehead atoms. The molecule has 84 valence electrons. The minimum absolute atomic E-state index is 0.0907. The van der Waals surface area contributed by atoms with Gasteiger partial charge in [0.15, 0.2) is 0 Å². The van der Waals surface area contributed by atoms with Crippen LogP contribution in [0.2, 0.25) is 0 Å². The van der Waals surface area contributed by atoms with E-state index < -0.39 is 12.6 Å². The van der Waals surface area contributed by atoms with Gasteiger partial charge in [0.05, 0.1) is 12.1 Å². The van der Waals surface area contributed by atoms with Crippen LogP contribution in [0, 0.1) is 6.92 Å². The third kappa shape index (κ3) is 5.31. The Bertz CT molecular complexity index is 312. The summed E-state index contributed by atoms with van der Waals surface area (Å²) in [5, 5.41) is 2.68. The Morgan fingerprint density at radius 2 is 2.13 bits per heavy atom. The van der Waals surface area contributed by atoms with E-state index in [9.17, 15) is 13.2 Å². The van der Waals surface area contributed by atoms with Gasteiger partial charge in [0.1, 0.15) is 5.82 Å². The van der Waals surface area contributed by atoms with Gasteiger partial charge in [0, 0.05) is 19.3 Å². The predicted molar refractivity (Wildman–Crippen MR) is 49.1 cm³/mol. The van der Waals surface area contributed by atoms with Gasteiger partial charge in [-0.05, 0) is 13.0 Å². The molecule has 0 fully saturated rings. The molecule has 1 aromatic heterocycles. The summed E-state index contributed by atoms with van der Waals surface area (Å²) in [6.07, 6.45) is -3.34. The fourth-order valence-corrected chi connectivity index (χ4v) is 1.05. The van der Waals surface area contributed by atoms with Crippen molar-refractivity contribution in [3.63, 3.8) is 0 Å². The van der Waals surface area contributed by atoms with Gasteiger partial charge in [-0.25, -0.2) is 9.97 Å². The molecule has 3 nitrogen and oxygen atoms in total. The fourth-order valence-electron chi connectivity index (χ4n) is 1.05. The summed E-state index contributed by atoms with van der Waals surface area (Å²) in [7, 11) is 0.